The van der Waals surface area contributed by atoms with Crippen molar-refractivity contribution in [1.82, 2.24) is 0 Å². The summed E-state index contributed by atoms with van der Waals surface area (Å²) in [6.45, 7) is 7.94. The molecular formula is C29H45BrOSi. The molecule has 3 heteroatoms. The standard InChI is InChI=1S/C29H45BrOSi/c1-29(2,3)32(27-21-15-13-16-22-27,28-23-17-14-18-24-28)31-26-20-12-10-8-6-4-5-7-9-11-19-25-30/h13-18,21-24H,4-12,19-20,25-26H2,1-3H3. The van der Waals surface area contributed by atoms with E-state index in [1.807, 2.05) is 0 Å². The molecule has 0 fully saturated rings. The average molecular weight is 518 g/mol. The van der Waals surface area contributed by atoms with Crippen molar-refractivity contribution < 1.29 is 4.43 Å². The van der Waals surface area contributed by atoms with E-state index in [4.69, 9.17) is 4.43 Å². The van der Waals surface area contributed by atoms with Gasteiger partial charge in [0.1, 0.15) is 0 Å². The van der Waals surface area contributed by atoms with E-state index in [9.17, 15) is 0 Å². The first-order valence-corrected chi connectivity index (χ1v) is 15.9. The SMILES string of the molecule is CC(C)(C)[Si](OCCCCCCCCCCCCCBr)(c1ccccc1)c1ccccc1. The molecule has 0 aliphatic carbocycles. The molecule has 0 aliphatic rings. The predicted molar refractivity (Wildman–Crippen MR) is 148 cm³/mol. The molecular weight excluding hydrogens is 472 g/mol. The molecule has 0 aromatic heterocycles. The van der Waals surface area contributed by atoms with E-state index in [0.717, 1.165) is 18.4 Å². The first-order valence-electron chi connectivity index (χ1n) is 12.8. The molecule has 0 spiro atoms. The van der Waals surface area contributed by atoms with Gasteiger partial charge in [0.25, 0.3) is 8.32 Å². The zero-order valence-corrected chi connectivity index (χ0v) is 23.3. The molecule has 2 rings (SSSR count). The van der Waals surface area contributed by atoms with E-state index in [0.29, 0.717) is 0 Å². The van der Waals surface area contributed by atoms with Crippen molar-refractivity contribution in [3.8, 4) is 0 Å². The number of alkyl halides is 1. The van der Waals surface area contributed by atoms with Crippen molar-refractivity contribution in [2.24, 2.45) is 0 Å². The molecule has 178 valence electrons. The number of benzene rings is 2. The minimum atomic E-state index is -2.35. The zero-order chi connectivity index (χ0) is 23.1. The van der Waals surface area contributed by atoms with Crippen LogP contribution >= 0.6 is 15.9 Å². The van der Waals surface area contributed by atoms with Crippen LogP contribution in [0.4, 0.5) is 0 Å². The maximum absolute atomic E-state index is 6.99. The van der Waals surface area contributed by atoms with Crippen LogP contribution in [0.1, 0.15) is 91.4 Å². The molecule has 0 amide bonds. The van der Waals surface area contributed by atoms with E-state index in [1.54, 1.807) is 0 Å². The highest BCUT2D eigenvalue weighted by Crippen LogP contribution is 2.36. The molecule has 0 radical (unpaired) electrons. The Morgan fingerprint density at radius 3 is 1.34 bits per heavy atom. The lowest BCUT2D eigenvalue weighted by molar-refractivity contribution is 0.286. The lowest BCUT2D eigenvalue weighted by atomic mass is 10.1. The van der Waals surface area contributed by atoms with Gasteiger partial charge in [0.15, 0.2) is 0 Å². The Balaban J connectivity index is 1.82. The average Bonchev–Trinajstić information content (AvgIpc) is 2.80. The van der Waals surface area contributed by atoms with Gasteiger partial charge >= 0.3 is 0 Å². The van der Waals surface area contributed by atoms with Crippen molar-refractivity contribution in [2.75, 3.05) is 11.9 Å². The number of halogens is 1. The molecule has 0 unspecified atom stereocenters. The van der Waals surface area contributed by atoms with Gasteiger partial charge in [-0.05, 0) is 28.3 Å². The lowest BCUT2D eigenvalue weighted by Gasteiger charge is -2.43. The second-order valence-corrected chi connectivity index (χ2v) is 15.2. The highest BCUT2D eigenvalue weighted by atomic mass is 79.9. The van der Waals surface area contributed by atoms with Gasteiger partial charge in [-0.1, -0.05) is 155 Å². The molecule has 0 heterocycles. The van der Waals surface area contributed by atoms with Crippen LogP contribution < -0.4 is 10.4 Å². The van der Waals surface area contributed by atoms with Crippen LogP contribution in [0.15, 0.2) is 60.7 Å². The van der Waals surface area contributed by atoms with Gasteiger partial charge < -0.3 is 4.43 Å². The summed E-state index contributed by atoms with van der Waals surface area (Å²) in [5.41, 5.74) is 0. The van der Waals surface area contributed by atoms with Crippen LogP contribution in [0.5, 0.6) is 0 Å². The lowest BCUT2D eigenvalue weighted by Crippen LogP contribution is -2.66. The summed E-state index contributed by atoms with van der Waals surface area (Å²) in [6, 6.07) is 22.0. The minimum Gasteiger partial charge on any atom is -0.407 e. The van der Waals surface area contributed by atoms with Gasteiger partial charge in [0.2, 0.25) is 0 Å². The summed E-state index contributed by atoms with van der Waals surface area (Å²) in [4.78, 5) is 0. The van der Waals surface area contributed by atoms with Gasteiger partial charge in [-0.3, -0.25) is 0 Å². The third kappa shape index (κ3) is 8.46. The monoisotopic (exact) mass is 516 g/mol. The van der Waals surface area contributed by atoms with Gasteiger partial charge in [-0.25, -0.2) is 0 Å². The van der Waals surface area contributed by atoms with Crippen LogP contribution in [0.2, 0.25) is 5.04 Å². The first-order chi connectivity index (χ1) is 15.5. The Hall–Kier alpha value is -0.903. The number of rotatable bonds is 16. The Labute approximate surface area is 207 Å². The van der Waals surface area contributed by atoms with E-state index in [-0.39, 0.29) is 5.04 Å². The van der Waals surface area contributed by atoms with Gasteiger partial charge in [-0.2, -0.15) is 0 Å². The second-order valence-electron chi connectivity index (χ2n) is 10.1. The van der Waals surface area contributed by atoms with Crippen LogP contribution in [0, 0.1) is 0 Å². The summed E-state index contributed by atoms with van der Waals surface area (Å²) in [7, 11) is -2.35. The predicted octanol–water partition coefficient (Wildman–Crippen LogP) is 8.25. The van der Waals surface area contributed by atoms with Crippen molar-refractivity contribution in [1.29, 1.82) is 0 Å². The molecule has 0 bridgehead atoms. The highest BCUT2D eigenvalue weighted by molar-refractivity contribution is 9.09. The molecule has 0 atom stereocenters. The molecule has 2 aromatic rings. The van der Waals surface area contributed by atoms with E-state index in [1.165, 1.54) is 74.6 Å². The Kier molecular flexibility index (Phi) is 12.9. The summed E-state index contributed by atoms with van der Waals surface area (Å²) in [6.07, 6.45) is 14.9. The fourth-order valence-electron chi connectivity index (χ4n) is 4.77. The Morgan fingerprint density at radius 1 is 0.594 bits per heavy atom. The quantitative estimate of drug-likeness (QED) is 0.124. The molecule has 0 N–H and O–H groups in total. The highest BCUT2D eigenvalue weighted by Gasteiger charge is 2.49. The van der Waals surface area contributed by atoms with Gasteiger partial charge in [-0.15, -0.1) is 0 Å². The Bertz CT molecular complexity index is 671. The fraction of sp³-hybridized carbons (Fsp3) is 0.586. The molecule has 1 nitrogen and oxygen atoms in total. The third-order valence-electron chi connectivity index (χ3n) is 6.51. The van der Waals surface area contributed by atoms with Crippen LogP contribution in [0.25, 0.3) is 0 Å². The number of unbranched alkanes of at least 4 members (excludes halogenated alkanes) is 10. The topological polar surface area (TPSA) is 9.23 Å². The first kappa shape index (κ1) is 27.3. The maximum atomic E-state index is 6.99. The van der Waals surface area contributed by atoms with Gasteiger partial charge in [0, 0.05) is 11.9 Å². The van der Waals surface area contributed by atoms with Crippen LogP contribution in [0.3, 0.4) is 0 Å². The van der Waals surface area contributed by atoms with Crippen molar-refractivity contribution >= 4 is 34.6 Å². The van der Waals surface area contributed by atoms with E-state index >= 15 is 0 Å². The smallest absolute Gasteiger partial charge is 0.261 e. The van der Waals surface area contributed by atoms with Crippen molar-refractivity contribution in [3.63, 3.8) is 0 Å². The van der Waals surface area contributed by atoms with Crippen LogP contribution in [-0.4, -0.2) is 20.3 Å². The number of hydrogen-bond donors (Lipinski definition) is 0. The third-order valence-corrected chi connectivity index (χ3v) is 12.1. The molecule has 0 aliphatic heterocycles. The minimum absolute atomic E-state index is 0.0736. The van der Waals surface area contributed by atoms with E-state index < -0.39 is 8.32 Å². The van der Waals surface area contributed by atoms with Crippen molar-refractivity contribution in [3.05, 3.63) is 60.7 Å². The van der Waals surface area contributed by atoms with Crippen molar-refractivity contribution in [2.45, 2.75) is 96.4 Å². The molecule has 0 saturated heterocycles. The fourth-order valence-corrected chi connectivity index (χ4v) is 9.78. The summed E-state index contributed by atoms with van der Waals surface area (Å²) in [5.74, 6) is 0. The molecule has 0 saturated carbocycles. The van der Waals surface area contributed by atoms with Crippen LogP contribution in [-0.2, 0) is 4.43 Å². The van der Waals surface area contributed by atoms with Gasteiger partial charge in [0.05, 0.1) is 0 Å². The molecule has 2 aromatic carbocycles. The zero-order valence-electron chi connectivity index (χ0n) is 20.8. The maximum Gasteiger partial charge on any atom is 0.261 e. The number of hydrogen-bond acceptors (Lipinski definition) is 1. The summed E-state index contributed by atoms with van der Waals surface area (Å²) >= 11 is 3.52. The normalized spacial score (nSPS) is 12.2. The summed E-state index contributed by atoms with van der Waals surface area (Å²) < 4.78 is 6.99. The second kappa shape index (κ2) is 15.1. The largest absolute Gasteiger partial charge is 0.407 e. The Morgan fingerprint density at radius 2 is 0.969 bits per heavy atom. The van der Waals surface area contributed by atoms with E-state index in [2.05, 4.69) is 97.4 Å². The molecule has 32 heavy (non-hydrogen) atoms. The summed E-state index contributed by atoms with van der Waals surface area (Å²) in [5, 5.41) is 4.00.